The van der Waals surface area contributed by atoms with Gasteiger partial charge in [-0.15, -0.1) is 0 Å². The largest absolute Gasteiger partial charge is 0.348 e. The molecular weight excluding hydrogens is 547 g/mol. The van der Waals surface area contributed by atoms with Crippen LogP contribution in [0.25, 0.3) is 0 Å². The van der Waals surface area contributed by atoms with Crippen molar-refractivity contribution in [2.75, 3.05) is 30.7 Å². The molecule has 0 atom stereocenters. The maximum absolute atomic E-state index is 13.2. The Bertz CT molecular complexity index is 1380. The third-order valence-corrected chi connectivity index (χ3v) is 8.44. The Balaban J connectivity index is 1.75. The minimum absolute atomic E-state index is 0.0236. The number of rotatable bonds is 11. The average molecular weight is 578 g/mol. The fraction of sp³-hybridized carbons (Fsp3) is 0.259. The van der Waals surface area contributed by atoms with Crippen LogP contribution in [0, 0.1) is 0 Å². The van der Waals surface area contributed by atoms with Crippen molar-refractivity contribution in [2.45, 2.75) is 19.5 Å². The molecule has 38 heavy (non-hydrogen) atoms. The van der Waals surface area contributed by atoms with E-state index in [4.69, 9.17) is 28.9 Å². The minimum Gasteiger partial charge on any atom is -0.348 e. The zero-order valence-corrected chi connectivity index (χ0v) is 23.5. The Morgan fingerprint density at radius 2 is 1.55 bits per heavy atom. The molecule has 0 saturated heterocycles. The SMILES string of the molecule is CN(C)C(=O)c1ccc(CNC(=O)c2ccc(N(Cc3cccc(Cl)c3Cl)S(=O)(=O)CCCN)cc2)cc1. The second-order valence-corrected chi connectivity index (χ2v) is 11.6. The van der Waals surface area contributed by atoms with Crippen LogP contribution in [0.2, 0.25) is 10.0 Å². The number of anilines is 1. The maximum Gasteiger partial charge on any atom is 0.253 e. The number of carbonyl (C=O) groups is 2. The summed E-state index contributed by atoms with van der Waals surface area (Å²) < 4.78 is 27.6. The summed E-state index contributed by atoms with van der Waals surface area (Å²) in [5.74, 6) is -0.555. The summed E-state index contributed by atoms with van der Waals surface area (Å²) in [6.07, 6.45) is 0.298. The molecule has 0 spiro atoms. The number of nitrogens with two attached hydrogens (primary N) is 1. The van der Waals surface area contributed by atoms with Crippen molar-refractivity contribution in [3.05, 3.63) is 99.0 Å². The molecule has 0 saturated carbocycles. The topological polar surface area (TPSA) is 113 Å². The van der Waals surface area contributed by atoms with Crippen LogP contribution in [0.1, 0.15) is 38.3 Å². The Labute approximate surface area is 233 Å². The molecular formula is C27H30Cl2N4O4S. The van der Waals surface area contributed by atoms with Crippen molar-refractivity contribution >= 4 is 50.7 Å². The summed E-state index contributed by atoms with van der Waals surface area (Å²) >= 11 is 12.5. The Morgan fingerprint density at radius 3 is 2.16 bits per heavy atom. The van der Waals surface area contributed by atoms with Crippen LogP contribution in [0.4, 0.5) is 5.69 Å². The quantitative estimate of drug-likeness (QED) is 0.353. The van der Waals surface area contributed by atoms with Gasteiger partial charge in [0.2, 0.25) is 10.0 Å². The van der Waals surface area contributed by atoms with Gasteiger partial charge in [0, 0.05) is 31.8 Å². The van der Waals surface area contributed by atoms with Gasteiger partial charge in [0.15, 0.2) is 0 Å². The van der Waals surface area contributed by atoms with E-state index in [1.54, 1.807) is 80.8 Å². The normalized spacial score (nSPS) is 11.2. The van der Waals surface area contributed by atoms with Crippen molar-refractivity contribution in [3.63, 3.8) is 0 Å². The molecule has 3 aromatic rings. The van der Waals surface area contributed by atoms with Gasteiger partial charge in [0.05, 0.1) is 28.0 Å². The molecule has 0 fully saturated rings. The van der Waals surface area contributed by atoms with Crippen molar-refractivity contribution in [3.8, 4) is 0 Å². The molecule has 3 rings (SSSR count). The highest BCUT2D eigenvalue weighted by atomic mass is 35.5. The van der Waals surface area contributed by atoms with E-state index in [1.165, 1.54) is 9.21 Å². The second kappa shape index (κ2) is 13.1. The second-order valence-electron chi connectivity index (χ2n) is 8.80. The summed E-state index contributed by atoms with van der Waals surface area (Å²) in [6, 6.07) is 18.3. The minimum atomic E-state index is -3.74. The first-order valence-corrected chi connectivity index (χ1v) is 14.2. The molecule has 3 aromatic carbocycles. The highest BCUT2D eigenvalue weighted by molar-refractivity contribution is 7.92. The Morgan fingerprint density at radius 1 is 0.921 bits per heavy atom. The third-order valence-electron chi connectivity index (χ3n) is 5.77. The maximum atomic E-state index is 13.2. The number of nitrogens with zero attached hydrogens (tertiary/aromatic N) is 2. The van der Waals surface area contributed by atoms with E-state index in [2.05, 4.69) is 5.32 Å². The van der Waals surface area contributed by atoms with Gasteiger partial charge in [-0.2, -0.15) is 0 Å². The van der Waals surface area contributed by atoms with E-state index in [9.17, 15) is 18.0 Å². The van der Waals surface area contributed by atoms with Gasteiger partial charge in [-0.1, -0.05) is 47.5 Å². The molecule has 202 valence electrons. The van der Waals surface area contributed by atoms with Gasteiger partial charge < -0.3 is 16.0 Å². The number of carbonyl (C=O) groups excluding carboxylic acids is 2. The van der Waals surface area contributed by atoms with Gasteiger partial charge in [0.1, 0.15) is 0 Å². The summed E-state index contributed by atoms with van der Waals surface area (Å²) in [5.41, 5.74) is 8.24. The lowest BCUT2D eigenvalue weighted by atomic mass is 10.1. The van der Waals surface area contributed by atoms with Gasteiger partial charge in [-0.3, -0.25) is 13.9 Å². The number of halogens is 2. The molecule has 0 unspecified atom stereocenters. The number of nitrogens with one attached hydrogen (secondary N) is 1. The van der Waals surface area contributed by atoms with Crippen molar-refractivity contribution < 1.29 is 18.0 Å². The first-order chi connectivity index (χ1) is 18.0. The molecule has 0 aliphatic rings. The van der Waals surface area contributed by atoms with Crippen molar-refractivity contribution in [1.29, 1.82) is 0 Å². The Hall–Kier alpha value is -3.11. The summed E-state index contributed by atoms with van der Waals surface area (Å²) in [4.78, 5) is 26.2. The number of amides is 2. The van der Waals surface area contributed by atoms with Crippen LogP contribution >= 0.6 is 23.2 Å². The zero-order chi connectivity index (χ0) is 27.9. The van der Waals surface area contributed by atoms with E-state index in [0.717, 1.165) is 5.56 Å². The molecule has 0 radical (unpaired) electrons. The first-order valence-electron chi connectivity index (χ1n) is 11.9. The van der Waals surface area contributed by atoms with E-state index >= 15 is 0 Å². The number of hydrogen-bond acceptors (Lipinski definition) is 5. The monoisotopic (exact) mass is 576 g/mol. The molecule has 0 heterocycles. The fourth-order valence-corrected chi connectivity index (χ4v) is 5.55. The number of hydrogen-bond donors (Lipinski definition) is 2. The van der Waals surface area contributed by atoms with Crippen molar-refractivity contribution in [1.82, 2.24) is 10.2 Å². The smallest absolute Gasteiger partial charge is 0.253 e. The molecule has 11 heteroatoms. The molecule has 8 nitrogen and oxygen atoms in total. The molecule has 0 aliphatic heterocycles. The fourth-order valence-electron chi connectivity index (χ4n) is 3.64. The lowest BCUT2D eigenvalue weighted by molar-refractivity contribution is 0.0827. The highest BCUT2D eigenvalue weighted by Gasteiger charge is 2.24. The van der Waals surface area contributed by atoms with E-state index < -0.39 is 10.0 Å². The molecule has 0 aliphatic carbocycles. The molecule has 3 N–H and O–H groups in total. The number of benzene rings is 3. The molecule has 0 bridgehead atoms. The van der Waals surface area contributed by atoms with Crippen LogP contribution in [0.15, 0.2) is 66.7 Å². The predicted octanol–water partition coefficient (Wildman–Crippen LogP) is 4.31. The van der Waals surface area contributed by atoms with Gasteiger partial charge in [-0.25, -0.2) is 8.42 Å². The van der Waals surface area contributed by atoms with Crippen LogP contribution in [0.3, 0.4) is 0 Å². The summed E-state index contributed by atoms with van der Waals surface area (Å²) in [7, 11) is -0.369. The summed E-state index contributed by atoms with van der Waals surface area (Å²) in [6.45, 7) is 0.479. The van der Waals surface area contributed by atoms with Crippen LogP contribution in [-0.4, -0.2) is 51.5 Å². The zero-order valence-electron chi connectivity index (χ0n) is 21.2. The van der Waals surface area contributed by atoms with E-state index in [-0.39, 0.29) is 42.2 Å². The third kappa shape index (κ3) is 7.48. The van der Waals surface area contributed by atoms with Crippen LogP contribution in [-0.2, 0) is 23.1 Å². The predicted molar refractivity (Wildman–Crippen MR) is 152 cm³/mol. The van der Waals surface area contributed by atoms with E-state index in [0.29, 0.717) is 33.8 Å². The molecule has 0 aromatic heterocycles. The van der Waals surface area contributed by atoms with Gasteiger partial charge in [0.25, 0.3) is 11.8 Å². The lowest BCUT2D eigenvalue weighted by Crippen LogP contribution is -2.33. The highest BCUT2D eigenvalue weighted by Crippen LogP contribution is 2.30. The van der Waals surface area contributed by atoms with Crippen LogP contribution in [0.5, 0.6) is 0 Å². The van der Waals surface area contributed by atoms with Gasteiger partial charge >= 0.3 is 0 Å². The number of sulfonamides is 1. The molecule has 2 amide bonds. The van der Waals surface area contributed by atoms with Crippen molar-refractivity contribution in [2.24, 2.45) is 5.73 Å². The Kier molecular flexibility index (Phi) is 10.2. The standard InChI is InChI=1S/C27H30Cl2N4O4S/c1-32(2)27(35)21-9-7-19(8-10-21)17-31-26(34)20-11-13-23(14-12-20)33(38(36,37)16-4-15-30)18-22-5-3-6-24(28)25(22)29/h3,5-14H,4,15-18,30H2,1-2H3,(H,31,34). The van der Waals surface area contributed by atoms with Crippen LogP contribution < -0.4 is 15.4 Å². The average Bonchev–Trinajstić information content (AvgIpc) is 2.91. The van der Waals surface area contributed by atoms with Gasteiger partial charge in [-0.05, 0) is 66.6 Å². The first kappa shape index (κ1) is 29.4. The summed E-state index contributed by atoms with van der Waals surface area (Å²) in [5, 5.41) is 3.44. The van der Waals surface area contributed by atoms with E-state index in [1.807, 2.05) is 0 Å². The lowest BCUT2D eigenvalue weighted by Gasteiger charge is -2.25.